The highest BCUT2D eigenvalue weighted by atomic mass is 35.5. The Hall–Kier alpha value is -1.70. The summed E-state index contributed by atoms with van der Waals surface area (Å²) in [5, 5.41) is 6.05. The first-order chi connectivity index (χ1) is 10.4. The number of aromatic nitrogens is 1. The van der Waals surface area contributed by atoms with Crippen molar-refractivity contribution in [2.24, 2.45) is 4.99 Å². The number of alkyl halides is 3. The molecule has 0 saturated heterocycles. The number of hydrogen-bond acceptors (Lipinski definition) is 3. The van der Waals surface area contributed by atoms with Crippen molar-refractivity contribution in [3.63, 3.8) is 0 Å². The smallest absolute Gasteiger partial charge is 0.417 e. The van der Waals surface area contributed by atoms with Crippen LogP contribution in [-0.4, -0.2) is 37.2 Å². The Balaban J connectivity index is 1.79. The van der Waals surface area contributed by atoms with E-state index in [-0.39, 0.29) is 17.5 Å². The van der Waals surface area contributed by atoms with Crippen LogP contribution in [0.2, 0.25) is 5.02 Å². The molecule has 0 amide bonds. The highest BCUT2D eigenvalue weighted by molar-refractivity contribution is 6.31. The van der Waals surface area contributed by atoms with E-state index in [9.17, 15) is 13.2 Å². The average Bonchev–Trinajstić information content (AvgIpc) is 3.26. The molecule has 1 aromatic rings. The summed E-state index contributed by atoms with van der Waals surface area (Å²) in [6.07, 6.45) is -1.52. The lowest BCUT2D eigenvalue weighted by Gasteiger charge is -2.12. The van der Waals surface area contributed by atoms with E-state index in [1.54, 1.807) is 7.05 Å². The molecule has 2 rings (SSSR count). The zero-order chi connectivity index (χ0) is 16.2. The van der Waals surface area contributed by atoms with Gasteiger partial charge in [-0.1, -0.05) is 11.6 Å². The van der Waals surface area contributed by atoms with Crippen LogP contribution in [0.5, 0.6) is 5.88 Å². The molecule has 1 aliphatic rings. The van der Waals surface area contributed by atoms with Crippen LogP contribution in [-0.2, 0) is 6.18 Å². The summed E-state index contributed by atoms with van der Waals surface area (Å²) in [6, 6.07) is 1.27. The highest BCUT2D eigenvalue weighted by Crippen LogP contribution is 2.32. The molecule has 1 aromatic heterocycles. The second-order valence-corrected chi connectivity index (χ2v) is 5.18. The Labute approximate surface area is 130 Å². The third-order valence-corrected chi connectivity index (χ3v) is 3.18. The number of pyridine rings is 1. The van der Waals surface area contributed by atoms with E-state index in [0.717, 1.165) is 18.9 Å². The number of rotatable bonds is 5. The van der Waals surface area contributed by atoms with Gasteiger partial charge in [0.2, 0.25) is 5.88 Å². The minimum absolute atomic E-state index is 0.0263. The normalized spacial score (nSPS) is 15.6. The van der Waals surface area contributed by atoms with E-state index in [1.165, 1.54) is 0 Å². The lowest BCUT2D eigenvalue weighted by atomic mass is 10.3. The second-order valence-electron chi connectivity index (χ2n) is 4.77. The maximum atomic E-state index is 12.5. The van der Waals surface area contributed by atoms with Crippen molar-refractivity contribution >= 4 is 17.6 Å². The molecule has 0 atom stereocenters. The topological polar surface area (TPSA) is 58.5 Å². The van der Waals surface area contributed by atoms with E-state index >= 15 is 0 Å². The van der Waals surface area contributed by atoms with Gasteiger partial charge in [0.15, 0.2) is 5.96 Å². The fraction of sp³-hybridized carbons (Fsp3) is 0.538. The first-order valence-electron chi connectivity index (χ1n) is 6.73. The molecule has 0 aliphatic heterocycles. The average molecular weight is 337 g/mol. The largest absolute Gasteiger partial charge is 0.475 e. The Morgan fingerprint density at radius 3 is 2.77 bits per heavy atom. The van der Waals surface area contributed by atoms with E-state index in [2.05, 4.69) is 20.6 Å². The van der Waals surface area contributed by atoms with Gasteiger partial charge in [-0.15, -0.1) is 0 Å². The predicted molar refractivity (Wildman–Crippen MR) is 77.3 cm³/mol. The number of ether oxygens (including phenoxy) is 1. The van der Waals surface area contributed by atoms with Gasteiger partial charge in [-0.25, -0.2) is 4.98 Å². The lowest BCUT2D eigenvalue weighted by molar-refractivity contribution is -0.137. The standard InChI is InChI=1S/C13H16ClF3N4O/c1-18-12(21-9-2-3-9)19-4-5-22-11-10(14)6-8(7-20-11)13(15,16)17/h6-7,9H,2-5H2,1H3,(H2,18,19,21). The summed E-state index contributed by atoms with van der Waals surface area (Å²) in [5.41, 5.74) is -0.906. The van der Waals surface area contributed by atoms with Gasteiger partial charge in [-0.3, -0.25) is 4.99 Å². The number of hydrogen-bond donors (Lipinski definition) is 2. The first kappa shape index (κ1) is 16.7. The van der Waals surface area contributed by atoms with Crippen molar-refractivity contribution in [3.8, 4) is 5.88 Å². The van der Waals surface area contributed by atoms with Gasteiger partial charge in [-0.05, 0) is 18.9 Å². The molecule has 22 heavy (non-hydrogen) atoms. The van der Waals surface area contributed by atoms with Gasteiger partial charge in [0.1, 0.15) is 11.6 Å². The van der Waals surface area contributed by atoms with Crippen LogP contribution < -0.4 is 15.4 Å². The van der Waals surface area contributed by atoms with Crippen molar-refractivity contribution in [2.45, 2.75) is 25.1 Å². The van der Waals surface area contributed by atoms with Gasteiger partial charge in [0.25, 0.3) is 0 Å². The summed E-state index contributed by atoms with van der Waals surface area (Å²) in [7, 11) is 1.66. The molecule has 9 heteroatoms. The van der Waals surface area contributed by atoms with Crippen LogP contribution in [0.1, 0.15) is 18.4 Å². The van der Waals surface area contributed by atoms with Crippen LogP contribution in [0.15, 0.2) is 17.3 Å². The van der Waals surface area contributed by atoms with Crippen molar-refractivity contribution < 1.29 is 17.9 Å². The molecule has 0 bridgehead atoms. The fourth-order valence-electron chi connectivity index (χ4n) is 1.62. The number of aliphatic imine (C=N–C) groups is 1. The van der Waals surface area contributed by atoms with E-state index in [0.29, 0.717) is 24.7 Å². The molecule has 0 radical (unpaired) electrons. The SMILES string of the molecule is CN=C(NCCOc1ncc(C(F)(F)F)cc1Cl)NC1CC1. The van der Waals surface area contributed by atoms with E-state index < -0.39 is 11.7 Å². The summed E-state index contributed by atoms with van der Waals surface area (Å²) in [6.45, 7) is 0.620. The minimum atomic E-state index is -4.47. The number of nitrogens with one attached hydrogen (secondary N) is 2. The van der Waals surface area contributed by atoms with E-state index in [4.69, 9.17) is 16.3 Å². The Bertz CT molecular complexity index is 547. The molecular formula is C13H16ClF3N4O. The van der Waals surface area contributed by atoms with Gasteiger partial charge >= 0.3 is 6.18 Å². The summed E-state index contributed by atoms with van der Waals surface area (Å²) in [4.78, 5) is 7.63. The number of halogens is 4. The minimum Gasteiger partial charge on any atom is -0.475 e. The zero-order valence-corrected chi connectivity index (χ0v) is 12.6. The van der Waals surface area contributed by atoms with Gasteiger partial charge in [0, 0.05) is 19.3 Å². The molecule has 5 nitrogen and oxygen atoms in total. The number of guanidine groups is 1. The van der Waals surface area contributed by atoms with Crippen molar-refractivity contribution in [2.75, 3.05) is 20.2 Å². The lowest BCUT2D eigenvalue weighted by Crippen LogP contribution is -2.40. The Kier molecular flexibility index (Phi) is 5.33. The first-order valence-corrected chi connectivity index (χ1v) is 7.10. The molecule has 1 saturated carbocycles. The molecule has 0 unspecified atom stereocenters. The van der Waals surface area contributed by atoms with E-state index in [1.807, 2.05) is 0 Å². The predicted octanol–water partition coefficient (Wildman–Crippen LogP) is 2.46. The van der Waals surface area contributed by atoms with Gasteiger partial charge in [0.05, 0.1) is 12.1 Å². The van der Waals surface area contributed by atoms with Crippen molar-refractivity contribution in [3.05, 3.63) is 22.8 Å². The molecule has 2 N–H and O–H groups in total. The quantitative estimate of drug-likeness (QED) is 0.493. The second kappa shape index (κ2) is 7.04. The summed E-state index contributed by atoms with van der Waals surface area (Å²) in [5.74, 6) is 0.638. The van der Waals surface area contributed by atoms with Crippen LogP contribution >= 0.6 is 11.6 Å². The molecule has 122 valence electrons. The third kappa shape index (κ3) is 4.94. The molecule has 1 aliphatic carbocycles. The monoisotopic (exact) mass is 336 g/mol. The van der Waals surface area contributed by atoms with Gasteiger partial charge in [-0.2, -0.15) is 13.2 Å². The third-order valence-electron chi connectivity index (χ3n) is 2.91. The van der Waals surface area contributed by atoms with Crippen LogP contribution in [0, 0.1) is 0 Å². The maximum absolute atomic E-state index is 12.5. The summed E-state index contributed by atoms with van der Waals surface area (Å²) >= 11 is 5.74. The van der Waals surface area contributed by atoms with Crippen LogP contribution in [0.3, 0.4) is 0 Å². The maximum Gasteiger partial charge on any atom is 0.417 e. The van der Waals surface area contributed by atoms with Crippen LogP contribution in [0.25, 0.3) is 0 Å². The van der Waals surface area contributed by atoms with Crippen molar-refractivity contribution in [1.82, 2.24) is 15.6 Å². The molecule has 0 spiro atoms. The fourth-order valence-corrected chi connectivity index (χ4v) is 1.84. The molecule has 1 fully saturated rings. The Morgan fingerprint density at radius 2 is 2.23 bits per heavy atom. The van der Waals surface area contributed by atoms with Gasteiger partial charge < -0.3 is 15.4 Å². The van der Waals surface area contributed by atoms with Crippen LogP contribution in [0.4, 0.5) is 13.2 Å². The highest BCUT2D eigenvalue weighted by Gasteiger charge is 2.31. The zero-order valence-electron chi connectivity index (χ0n) is 11.9. The number of nitrogens with zero attached hydrogens (tertiary/aromatic N) is 2. The molecular weight excluding hydrogens is 321 g/mol. The Morgan fingerprint density at radius 1 is 1.50 bits per heavy atom. The molecule has 0 aromatic carbocycles. The van der Waals surface area contributed by atoms with Crippen molar-refractivity contribution in [1.29, 1.82) is 0 Å². The summed E-state index contributed by atoms with van der Waals surface area (Å²) < 4.78 is 42.7. The molecule has 1 heterocycles.